The van der Waals surface area contributed by atoms with E-state index in [9.17, 15) is 0 Å². The van der Waals surface area contributed by atoms with Gasteiger partial charge in [0.25, 0.3) is 0 Å². The highest BCUT2D eigenvalue weighted by atomic mass is 32.1. The molecule has 0 saturated carbocycles. The van der Waals surface area contributed by atoms with Gasteiger partial charge in [-0.15, -0.1) is 11.3 Å². The molecule has 0 amide bonds. The second-order valence-electron chi connectivity index (χ2n) is 7.62. The number of anilines is 1. The molecule has 2 heterocycles. The fourth-order valence-corrected chi connectivity index (χ4v) is 5.07. The zero-order chi connectivity index (χ0) is 18.4. The first kappa shape index (κ1) is 17.4. The van der Waals surface area contributed by atoms with Gasteiger partial charge in [-0.25, -0.2) is 9.56 Å². The molecule has 136 valence electrons. The van der Waals surface area contributed by atoms with Crippen LogP contribution in [0.1, 0.15) is 25.0 Å². The SMILES string of the molecule is Cc1cc(=[N+]2CCN(C(C)C)CC2)cc2sc3cc(N)cc(C)c3nc1-2. The quantitative estimate of drug-likeness (QED) is 0.408. The van der Waals surface area contributed by atoms with Crippen LogP contribution in [-0.4, -0.2) is 42.1 Å². The van der Waals surface area contributed by atoms with Gasteiger partial charge in [0.2, 0.25) is 5.36 Å². The van der Waals surface area contributed by atoms with Crippen LogP contribution in [0, 0.1) is 13.8 Å². The minimum atomic E-state index is 0.627. The van der Waals surface area contributed by atoms with E-state index in [4.69, 9.17) is 10.7 Å². The molecule has 1 aliphatic carbocycles. The molecule has 26 heavy (non-hydrogen) atoms. The third-order valence-corrected chi connectivity index (χ3v) is 6.45. The van der Waals surface area contributed by atoms with E-state index in [0.717, 1.165) is 53.3 Å². The molecule has 1 saturated heterocycles. The molecule has 2 aliphatic heterocycles. The molecule has 0 aromatic heterocycles. The van der Waals surface area contributed by atoms with E-state index < -0.39 is 0 Å². The molecule has 1 aromatic carbocycles. The Kier molecular flexibility index (Phi) is 4.45. The smallest absolute Gasteiger partial charge is 0.201 e. The highest BCUT2D eigenvalue weighted by Gasteiger charge is 2.22. The van der Waals surface area contributed by atoms with Gasteiger partial charge in [-0.05, 0) is 51.0 Å². The van der Waals surface area contributed by atoms with Crippen LogP contribution in [0.5, 0.6) is 0 Å². The molecule has 5 heteroatoms. The second kappa shape index (κ2) is 6.63. The number of aryl methyl sites for hydroxylation is 2. The maximum Gasteiger partial charge on any atom is 0.201 e. The lowest BCUT2D eigenvalue weighted by atomic mass is 10.1. The van der Waals surface area contributed by atoms with Crippen molar-refractivity contribution in [1.29, 1.82) is 0 Å². The van der Waals surface area contributed by atoms with E-state index in [0.29, 0.717) is 6.04 Å². The van der Waals surface area contributed by atoms with Crippen molar-refractivity contribution < 1.29 is 0 Å². The molecule has 2 N–H and O–H groups in total. The molecular weight excluding hydrogens is 340 g/mol. The van der Waals surface area contributed by atoms with E-state index in [1.807, 2.05) is 12.1 Å². The van der Waals surface area contributed by atoms with Crippen molar-refractivity contribution in [2.75, 3.05) is 31.9 Å². The first-order valence-corrected chi connectivity index (χ1v) is 10.2. The molecule has 3 aliphatic rings. The van der Waals surface area contributed by atoms with Gasteiger partial charge in [0.15, 0.2) is 13.1 Å². The minimum absolute atomic E-state index is 0.627. The number of aromatic nitrogens is 1. The Hall–Kier alpha value is -1.98. The number of nitrogens with two attached hydrogens (primary N) is 1. The Morgan fingerprint density at radius 2 is 1.81 bits per heavy atom. The molecule has 1 aromatic rings. The van der Waals surface area contributed by atoms with Crippen molar-refractivity contribution in [3.63, 3.8) is 0 Å². The van der Waals surface area contributed by atoms with Crippen molar-refractivity contribution in [2.24, 2.45) is 0 Å². The number of rotatable bonds is 1. The first-order chi connectivity index (χ1) is 12.4. The van der Waals surface area contributed by atoms with Crippen molar-refractivity contribution in [3.05, 3.63) is 40.7 Å². The van der Waals surface area contributed by atoms with Crippen LogP contribution in [-0.2, 0) is 0 Å². The third kappa shape index (κ3) is 3.10. The summed E-state index contributed by atoms with van der Waals surface area (Å²) in [5, 5.41) is 1.32. The summed E-state index contributed by atoms with van der Waals surface area (Å²) in [6, 6.07) is 9.28. The largest absolute Gasteiger partial charge is 0.399 e. The standard InChI is InChI=1S/C21H26N4S/c1-13(2)24-5-7-25(8-6-24)17-10-15(4)21-19(12-17)26-18-11-16(22)9-14(3)20(18)23-21/h9-13,22H,5-8H2,1-4H3/p+1. The summed E-state index contributed by atoms with van der Waals surface area (Å²) < 4.78 is 3.67. The number of hydrogen-bond acceptors (Lipinski definition) is 4. The molecule has 1 fully saturated rings. The van der Waals surface area contributed by atoms with Gasteiger partial charge in [-0.1, -0.05) is 0 Å². The summed E-state index contributed by atoms with van der Waals surface area (Å²) in [5.74, 6) is 0. The Balaban J connectivity index is 1.85. The number of hydrogen-bond donors (Lipinski definition) is 1. The summed E-state index contributed by atoms with van der Waals surface area (Å²) in [4.78, 5) is 8.76. The fourth-order valence-electron chi connectivity index (χ4n) is 3.85. The van der Waals surface area contributed by atoms with Crippen molar-refractivity contribution in [3.8, 4) is 10.6 Å². The van der Waals surface area contributed by atoms with Gasteiger partial charge in [-0.2, -0.15) is 0 Å². The van der Waals surface area contributed by atoms with E-state index in [1.165, 1.54) is 15.8 Å². The maximum atomic E-state index is 6.05. The number of piperazine rings is 1. The molecular formula is C21H27N4S+. The fraction of sp³-hybridized carbons (Fsp3) is 0.429. The lowest BCUT2D eigenvalue weighted by molar-refractivity contribution is 0.181. The average molecular weight is 368 g/mol. The highest BCUT2D eigenvalue weighted by molar-refractivity contribution is 7.21. The Labute approximate surface area is 159 Å². The predicted octanol–water partition coefficient (Wildman–Crippen LogP) is 3.10. The van der Waals surface area contributed by atoms with E-state index in [-0.39, 0.29) is 0 Å². The van der Waals surface area contributed by atoms with E-state index >= 15 is 0 Å². The molecule has 4 nitrogen and oxygen atoms in total. The molecule has 4 rings (SSSR count). The van der Waals surface area contributed by atoms with Crippen LogP contribution < -0.4 is 15.7 Å². The topological polar surface area (TPSA) is 45.2 Å². The molecule has 0 unspecified atom stereocenters. The zero-order valence-electron chi connectivity index (χ0n) is 16.0. The van der Waals surface area contributed by atoms with Crippen molar-refractivity contribution in [2.45, 2.75) is 33.7 Å². The maximum absolute atomic E-state index is 6.05. The van der Waals surface area contributed by atoms with Gasteiger partial charge in [0, 0.05) is 23.9 Å². The molecule has 0 radical (unpaired) electrons. The van der Waals surface area contributed by atoms with Crippen LogP contribution in [0.15, 0.2) is 24.3 Å². The van der Waals surface area contributed by atoms with Crippen LogP contribution in [0.2, 0.25) is 0 Å². The van der Waals surface area contributed by atoms with Gasteiger partial charge >= 0.3 is 0 Å². The highest BCUT2D eigenvalue weighted by Crippen LogP contribution is 2.33. The summed E-state index contributed by atoms with van der Waals surface area (Å²) >= 11 is 1.80. The van der Waals surface area contributed by atoms with E-state index in [1.54, 1.807) is 11.3 Å². The summed E-state index contributed by atoms with van der Waals surface area (Å²) in [5.41, 5.74) is 11.4. The van der Waals surface area contributed by atoms with Crippen LogP contribution in [0.3, 0.4) is 0 Å². The predicted molar refractivity (Wildman–Crippen MR) is 112 cm³/mol. The summed E-state index contributed by atoms with van der Waals surface area (Å²) in [6.45, 7) is 13.2. The molecule has 0 bridgehead atoms. The van der Waals surface area contributed by atoms with Crippen LogP contribution in [0.25, 0.3) is 20.8 Å². The first-order valence-electron chi connectivity index (χ1n) is 9.35. The lowest BCUT2D eigenvalue weighted by Gasteiger charge is -2.28. The molecule has 0 atom stereocenters. The summed E-state index contributed by atoms with van der Waals surface area (Å²) in [7, 11) is 0. The van der Waals surface area contributed by atoms with Crippen LogP contribution >= 0.6 is 11.3 Å². The number of nitrogen functional groups attached to an aromatic ring is 1. The summed E-state index contributed by atoms with van der Waals surface area (Å²) in [6.07, 6.45) is 0. The Bertz CT molecular complexity index is 1010. The third-order valence-electron chi connectivity index (χ3n) is 5.39. The average Bonchev–Trinajstić information content (AvgIpc) is 2.60. The normalized spacial score (nSPS) is 16.1. The number of benzene rings is 2. The van der Waals surface area contributed by atoms with Gasteiger partial charge in [-0.3, -0.25) is 4.90 Å². The van der Waals surface area contributed by atoms with E-state index in [2.05, 4.69) is 49.3 Å². The van der Waals surface area contributed by atoms with Gasteiger partial charge < -0.3 is 5.73 Å². The number of nitrogens with zero attached hydrogens (tertiary/aromatic N) is 3. The van der Waals surface area contributed by atoms with Crippen molar-refractivity contribution in [1.82, 2.24) is 14.5 Å². The monoisotopic (exact) mass is 367 g/mol. The Morgan fingerprint density at radius 3 is 2.50 bits per heavy atom. The van der Waals surface area contributed by atoms with Gasteiger partial charge in [0.05, 0.1) is 33.9 Å². The lowest BCUT2D eigenvalue weighted by Crippen LogP contribution is -2.50. The van der Waals surface area contributed by atoms with Crippen LogP contribution in [0.4, 0.5) is 5.69 Å². The zero-order valence-corrected chi connectivity index (χ0v) is 16.9. The second-order valence-corrected chi connectivity index (χ2v) is 8.71. The number of fused-ring (bicyclic) bond motifs is 2. The Morgan fingerprint density at radius 1 is 1.08 bits per heavy atom. The minimum Gasteiger partial charge on any atom is -0.399 e. The molecule has 0 spiro atoms. The van der Waals surface area contributed by atoms with Crippen molar-refractivity contribution >= 4 is 27.2 Å². The van der Waals surface area contributed by atoms with Gasteiger partial charge in [0.1, 0.15) is 0 Å².